The molecule has 0 bridgehead atoms. The predicted octanol–water partition coefficient (Wildman–Crippen LogP) is 7.20. The van der Waals surface area contributed by atoms with Gasteiger partial charge in [-0.3, -0.25) is 0 Å². The summed E-state index contributed by atoms with van der Waals surface area (Å²) in [6.07, 6.45) is -12.3. The number of carbonyl (C=O) groups excluding carboxylic acids is 1. The summed E-state index contributed by atoms with van der Waals surface area (Å²) in [5.41, 5.74) is -2.97. The third kappa shape index (κ3) is 6.90. The van der Waals surface area contributed by atoms with Crippen molar-refractivity contribution in [2.45, 2.75) is 63.8 Å². The van der Waals surface area contributed by atoms with E-state index in [1.165, 1.54) is 11.8 Å². The molecule has 2 aromatic carbocycles. The molecule has 192 valence electrons. The van der Waals surface area contributed by atoms with Crippen molar-refractivity contribution >= 4 is 6.09 Å². The molecule has 1 heterocycles. The number of rotatable bonds is 4. The summed E-state index contributed by atoms with van der Waals surface area (Å²) < 4.78 is 91.2. The Morgan fingerprint density at radius 1 is 0.914 bits per heavy atom. The summed E-state index contributed by atoms with van der Waals surface area (Å²) in [4.78, 5) is 14.1. The van der Waals surface area contributed by atoms with E-state index in [0.29, 0.717) is 12.1 Å². The molecule has 2 aromatic rings. The van der Waals surface area contributed by atoms with Gasteiger partial charge in [0.25, 0.3) is 0 Å². The summed E-state index contributed by atoms with van der Waals surface area (Å²) >= 11 is 0. The van der Waals surface area contributed by atoms with Gasteiger partial charge < -0.3 is 14.4 Å². The van der Waals surface area contributed by atoms with Crippen LogP contribution < -0.4 is 0 Å². The molecular formula is C25H27F6NO3. The molecule has 0 N–H and O–H groups in total. The first kappa shape index (κ1) is 26.8. The quantitative estimate of drug-likeness (QED) is 0.414. The maximum atomic E-state index is 13.3. The van der Waals surface area contributed by atoms with Gasteiger partial charge >= 0.3 is 18.4 Å². The lowest BCUT2D eigenvalue weighted by atomic mass is 9.95. The summed E-state index contributed by atoms with van der Waals surface area (Å²) in [5, 5.41) is 0. The van der Waals surface area contributed by atoms with Gasteiger partial charge in [0, 0.05) is 12.5 Å². The van der Waals surface area contributed by atoms with Crippen molar-refractivity contribution in [1.82, 2.24) is 4.90 Å². The number of hydrogen-bond donors (Lipinski definition) is 0. The van der Waals surface area contributed by atoms with E-state index in [-0.39, 0.29) is 30.6 Å². The smallest absolute Gasteiger partial charge is 0.416 e. The number of ether oxygens (including phenoxy) is 2. The largest absolute Gasteiger partial charge is 0.444 e. The fourth-order valence-electron chi connectivity index (χ4n) is 3.96. The average Bonchev–Trinajstić information content (AvgIpc) is 3.15. The van der Waals surface area contributed by atoms with Gasteiger partial charge in [0.15, 0.2) is 0 Å². The van der Waals surface area contributed by atoms with Gasteiger partial charge in [-0.05, 0) is 57.0 Å². The maximum Gasteiger partial charge on any atom is 0.416 e. The monoisotopic (exact) mass is 503 g/mol. The van der Waals surface area contributed by atoms with Crippen LogP contribution in [0.4, 0.5) is 31.1 Å². The van der Waals surface area contributed by atoms with Crippen molar-refractivity contribution in [3.63, 3.8) is 0 Å². The van der Waals surface area contributed by atoms with Crippen molar-refractivity contribution in [3.8, 4) is 0 Å². The van der Waals surface area contributed by atoms with E-state index in [1.54, 1.807) is 32.9 Å². The number of carbonyl (C=O) groups is 1. The minimum atomic E-state index is -4.96. The van der Waals surface area contributed by atoms with Crippen molar-refractivity contribution < 1.29 is 40.6 Å². The van der Waals surface area contributed by atoms with E-state index in [0.717, 1.165) is 5.56 Å². The lowest BCUT2D eigenvalue weighted by Gasteiger charge is -2.25. The lowest BCUT2D eigenvalue weighted by Crippen LogP contribution is -2.36. The van der Waals surface area contributed by atoms with Crippen molar-refractivity contribution in [2.24, 2.45) is 0 Å². The number of benzene rings is 2. The zero-order valence-corrected chi connectivity index (χ0v) is 19.7. The predicted molar refractivity (Wildman–Crippen MR) is 117 cm³/mol. The molecule has 3 atom stereocenters. The van der Waals surface area contributed by atoms with Gasteiger partial charge in [0.05, 0.1) is 29.9 Å². The molecule has 3 rings (SSSR count). The van der Waals surface area contributed by atoms with E-state index in [9.17, 15) is 31.1 Å². The van der Waals surface area contributed by atoms with Crippen LogP contribution in [0.3, 0.4) is 0 Å². The molecular weight excluding hydrogens is 476 g/mol. The van der Waals surface area contributed by atoms with E-state index in [1.807, 2.05) is 18.2 Å². The minimum Gasteiger partial charge on any atom is -0.444 e. The van der Waals surface area contributed by atoms with Crippen LogP contribution in [-0.2, 0) is 21.8 Å². The van der Waals surface area contributed by atoms with Crippen LogP contribution in [0.2, 0.25) is 0 Å². The first-order valence-electron chi connectivity index (χ1n) is 11.0. The van der Waals surface area contributed by atoms with Crippen LogP contribution in [0, 0.1) is 0 Å². The Bertz CT molecular complexity index is 998. The first-order valence-corrected chi connectivity index (χ1v) is 11.0. The minimum absolute atomic E-state index is 0.0733. The highest BCUT2D eigenvalue weighted by atomic mass is 19.4. The fourth-order valence-corrected chi connectivity index (χ4v) is 3.96. The van der Waals surface area contributed by atoms with Crippen LogP contribution in [0.1, 0.15) is 62.0 Å². The number of halogens is 6. The highest BCUT2D eigenvalue weighted by molar-refractivity contribution is 5.69. The zero-order chi connectivity index (χ0) is 26.2. The molecule has 0 spiro atoms. The molecule has 10 heteroatoms. The number of amides is 1. The summed E-state index contributed by atoms with van der Waals surface area (Å²) in [7, 11) is 0. The second kappa shape index (κ2) is 9.72. The Labute approximate surface area is 199 Å². The number of alkyl halides is 6. The Morgan fingerprint density at radius 2 is 1.46 bits per heavy atom. The van der Waals surface area contributed by atoms with Crippen molar-refractivity contribution in [1.29, 1.82) is 0 Å². The van der Waals surface area contributed by atoms with E-state index >= 15 is 0 Å². The van der Waals surface area contributed by atoms with Crippen LogP contribution >= 0.6 is 0 Å². The van der Waals surface area contributed by atoms with Crippen molar-refractivity contribution in [3.05, 3.63) is 70.8 Å². The van der Waals surface area contributed by atoms with Crippen LogP contribution in [0.15, 0.2) is 48.5 Å². The molecule has 0 aromatic heterocycles. The highest BCUT2D eigenvalue weighted by Gasteiger charge is 2.41. The van der Waals surface area contributed by atoms with Crippen LogP contribution in [0.5, 0.6) is 0 Å². The summed E-state index contributed by atoms with van der Waals surface area (Å²) in [6, 6.07) is 10.5. The number of nitrogens with zero attached hydrogens (tertiary/aromatic N) is 1. The van der Waals surface area contributed by atoms with Gasteiger partial charge in [-0.15, -0.1) is 0 Å². The summed E-state index contributed by atoms with van der Waals surface area (Å²) in [6.45, 7) is 6.86. The molecule has 35 heavy (non-hydrogen) atoms. The Hall–Kier alpha value is -2.75. The molecule has 0 radical (unpaired) electrons. The number of likely N-dealkylation sites (tertiary alicyclic amines) is 1. The first-order chi connectivity index (χ1) is 16.0. The normalized spacial score (nSPS) is 20.1. The summed E-state index contributed by atoms with van der Waals surface area (Å²) in [5.74, 6) is -0.348. The third-order valence-electron chi connectivity index (χ3n) is 5.60. The molecule has 1 fully saturated rings. The second-order valence-electron chi connectivity index (χ2n) is 9.56. The van der Waals surface area contributed by atoms with Gasteiger partial charge in [-0.2, -0.15) is 26.3 Å². The Kier molecular flexibility index (Phi) is 7.45. The maximum absolute atomic E-state index is 13.3. The van der Waals surface area contributed by atoms with E-state index in [2.05, 4.69) is 0 Å². The van der Waals surface area contributed by atoms with Gasteiger partial charge in [-0.25, -0.2) is 4.79 Å². The Morgan fingerprint density at radius 3 is 1.94 bits per heavy atom. The van der Waals surface area contributed by atoms with Gasteiger partial charge in [-0.1, -0.05) is 30.3 Å². The lowest BCUT2D eigenvalue weighted by molar-refractivity contribution is -0.143. The third-order valence-corrected chi connectivity index (χ3v) is 5.60. The van der Waals surface area contributed by atoms with Crippen LogP contribution in [0.25, 0.3) is 0 Å². The molecule has 0 unspecified atom stereocenters. The average molecular weight is 503 g/mol. The standard InChI is InChI=1S/C25H27F6NO3/c1-15(17-10-18(24(26,27)28)12-19(11-17)25(29,30)31)34-21-14-32(22(33)35-23(2,3)4)13-20(21)16-8-6-5-7-9-16/h5-12,15,20-21H,13-14H2,1-4H3/t15-,20-,21+/m1/s1. The van der Waals surface area contributed by atoms with E-state index in [4.69, 9.17) is 9.47 Å². The molecule has 1 saturated heterocycles. The fraction of sp³-hybridized carbons (Fsp3) is 0.480. The van der Waals surface area contributed by atoms with Gasteiger partial charge in [0.2, 0.25) is 0 Å². The SMILES string of the molecule is C[C@@H](O[C@H]1CN(C(=O)OC(C)(C)C)C[C@@H]1c1ccccc1)c1cc(C(F)(F)F)cc(C(F)(F)F)c1. The molecule has 0 saturated carbocycles. The molecule has 0 aliphatic carbocycles. The molecule has 1 amide bonds. The molecule has 1 aliphatic heterocycles. The zero-order valence-electron chi connectivity index (χ0n) is 19.7. The molecule has 1 aliphatic rings. The molecule has 4 nitrogen and oxygen atoms in total. The topological polar surface area (TPSA) is 38.8 Å². The van der Waals surface area contributed by atoms with Crippen LogP contribution in [-0.4, -0.2) is 35.8 Å². The van der Waals surface area contributed by atoms with Crippen molar-refractivity contribution in [2.75, 3.05) is 13.1 Å². The van der Waals surface area contributed by atoms with E-state index < -0.39 is 47.4 Å². The number of hydrogen-bond acceptors (Lipinski definition) is 3. The van der Waals surface area contributed by atoms with Gasteiger partial charge in [0.1, 0.15) is 5.60 Å². The highest BCUT2D eigenvalue weighted by Crippen LogP contribution is 2.39. The second-order valence-corrected chi connectivity index (χ2v) is 9.56. The Balaban J connectivity index is 1.90.